The summed E-state index contributed by atoms with van der Waals surface area (Å²) in [7, 11) is 0. The molecule has 30 valence electrons. The molecule has 0 saturated heterocycles. The molecule has 5 heavy (non-hydrogen) atoms. The molecule has 0 aliphatic carbocycles. The Balaban J connectivity index is 3.14. The van der Waals surface area contributed by atoms with Gasteiger partial charge in [-0.3, -0.25) is 0 Å². The molecule has 0 heterocycles. The van der Waals surface area contributed by atoms with Crippen LogP contribution in [0.15, 0.2) is 11.6 Å². The van der Waals surface area contributed by atoms with E-state index in [4.69, 9.17) is 0 Å². The summed E-state index contributed by atoms with van der Waals surface area (Å²) in [6, 6.07) is 0. The highest BCUT2D eigenvalue weighted by Gasteiger charge is 1.75. The molecule has 0 amide bonds. The van der Waals surface area contributed by atoms with Gasteiger partial charge in [0.15, 0.2) is 0 Å². The fraction of sp³-hybridized carbons (Fsp3) is 0. The Hall–Kier alpha value is -0.110. The molecule has 0 fully saturated rings. The molecule has 0 aromatic rings. The lowest BCUT2D eigenvalue weighted by Crippen LogP contribution is -1.39. The minimum Gasteiger partial charge on any atom is -0.211 e. The van der Waals surface area contributed by atoms with Crippen LogP contribution in [0.3, 0.4) is 0 Å². The average molecular weight is 98.5 g/mol. The predicted octanol–water partition coefficient (Wildman–Crippen LogP) is 1.96. The van der Waals surface area contributed by atoms with Crippen molar-refractivity contribution in [1.82, 2.24) is 0 Å². The van der Waals surface area contributed by atoms with Gasteiger partial charge in [-0.2, -0.15) is 4.39 Å². The molecular weight excluding hydrogens is 97.5 g/mol. The molecule has 0 aromatic carbocycles. The van der Waals surface area contributed by atoms with Crippen molar-refractivity contribution in [2.45, 2.75) is 0 Å². The van der Waals surface area contributed by atoms with Crippen LogP contribution in [0.4, 0.5) is 8.78 Å². The van der Waals surface area contributed by atoms with E-state index < -0.39 is 5.29 Å². The van der Waals surface area contributed by atoms with Gasteiger partial charge in [0.2, 0.25) is 5.29 Å². The number of rotatable bonds is 0. The fourth-order valence-electron chi connectivity index (χ4n) is 0. The third kappa shape index (κ3) is 3.89. The Kier molecular flexibility index (Phi) is 2.10. The molecule has 3 heteroatoms. The molecule has 0 nitrogen and oxygen atoms in total. The van der Waals surface area contributed by atoms with Crippen LogP contribution in [0, 0.1) is 0 Å². The average Bonchev–Trinajstić information content (AvgIpc) is 1.38. The predicted molar refractivity (Wildman–Crippen MR) is 16.2 cm³/mol. The quantitative estimate of drug-likeness (QED) is 0.435. The molecular formula is C2HClF2. The van der Waals surface area contributed by atoms with Gasteiger partial charge < -0.3 is 0 Å². The normalized spacial score (nSPS) is 12.2. The van der Waals surface area contributed by atoms with Gasteiger partial charge in [-0.25, -0.2) is 4.39 Å². The summed E-state index contributed by atoms with van der Waals surface area (Å²) >= 11 is 4.28. The molecule has 0 aliphatic heterocycles. The lowest BCUT2D eigenvalue weighted by Gasteiger charge is -1.61. The van der Waals surface area contributed by atoms with Crippen LogP contribution in [-0.4, -0.2) is 0 Å². The molecule has 0 saturated carbocycles. The van der Waals surface area contributed by atoms with Gasteiger partial charge in [0, 0.05) is 0 Å². The minimum atomic E-state index is -1.31. The number of hydrogen-bond donors (Lipinski definition) is 0. The molecule has 0 N–H and O–H groups in total. The second-order valence-corrected chi connectivity index (χ2v) is 0.760. The SMILES string of the molecule is F/C=C(/F)Cl. The van der Waals surface area contributed by atoms with Crippen LogP contribution >= 0.6 is 11.6 Å². The van der Waals surface area contributed by atoms with Crippen LogP contribution in [-0.2, 0) is 0 Å². The van der Waals surface area contributed by atoms with Crippen molar-refractivity contribution in [2.75, 3.05) is 0 Å². The lowest BCUT2D eigenvalue weighted by molar-refractivity contribution is 0.627. The zero-order valence-electron chi connectivity index (χ0n) is 2.21. The van der Waals surface area contributed by atoms with Gasteiger partial charge in [0.25, 0.3) is 0 Å². The van der Waals surface area contributed by atoms with Crippen molar-refractivity contribution in [3.8, 4) is 0 Å². The standard InChI is InChI=1S/C2HClF2/c3-2(5)1-4/h1H/b2-1+. The van der Waals surface area contributed by atoms with E-state index in [0.29, 0.717) is 0 Å². The van der Waals surface area contributed by atoms with E-state index in [2.05, 4.69) is 11.6 Å². The first-order valence-corrected chi connectivity index (χ1v) is 1.26. The number of halogens is 3. The molecule has 0 bridgehead atoms. The Morgan fingerprint density at radius 2 is 2.00 bits per heavy atom. The van der Waals surface area contributed by atoms with Gasteiger partial charge in [-0.1, -0.05) is 0 Å². The highest BCUT2D eigenvalue weighted by Crippen LogP contribution is 1.99. The zero-order valence-corrected chi connectivity index (χ0v) is 2.97. The summed E-state index contributed by atoms with van der Waals surface area (Å²) in [4.78, 5) is 0. The Bertz CT molecular complexity index is 45.6. The maximum atomic E-state index is 10.7. The summed E-state index contributed by atoms with van der Waals surface area (Å²) < 4.78 is 21.1. The Morgan fingerprint density at radius 3 is 2.00 bits per heavy atom. The van der Waals surface area contributed by atoms with Crippen molar-refractivity contribution in [2.24, 2.45) is 0 Å². The Labute approximate surface area is 33.0 Å². The maximum absolute atomic E-state index is 10.7. The summed E-state index contributed by atoms with van der Waals surface area (Å²) in [6.07, 6.45) is -0.318. The van der Waals surface area contributed by atoms with Crippen LogP contribution in [0.25, 0.3) is 0 Å². The third-order valence-corrected chi connectivity index (χ3v) is 0.165. The number of hydrogen-bond acceptors (Lipinski definition) is 0. The monoisotopic (exact) mass is 98.0 g/mol. The molecule has 0 rings (SSSR count). The first-order chi connectivity index (χ1) is 2.27. The van der Waals surface area contributed by atoms with Crippen molar-refractivity contribution < 1.29 is 8.78 Å². The topological polar surface area (TPSA) is 0 Å². The lowest BCUT2D eigenvalue weighted by atomic mass is 11.2. The van der Waals surface area contributed by atoms with E-state index in [9.17, 15) is 8.78 Å². The summed E-state index contributed by atoms with van der Waals surface area (Å²) in [5.41, 5.74) is 0. The van der Waals surface area contributed by atoms with Gasteiger partial charge in [-0.05, 0) is 11.6 Å². The van der Waals surface area contributed by atoms with Crippen LogP contribution in [0.2, 0.25) is 0 Å². The van der Waals surface area contributed by atoms with Gasteiger partial charge in [-0.15, -0.1) is 0 Å². The van der Waals surface area contributed by atoms with E-state index in [1.165, 1.54) is 0 Å². The summed E-state index contributed by atoms with van der Waals surface area (Å²) in [5.74, 6) is 0. The smallest absolute Gasteiger partial charge is 0.211 e. The van der Waals surface area contributed by atoms with Crippen LogP contribution in [0.1, 0.15) is 0 Å². The van der Waals surface area contributed by atoms with E-state index in [-0.39, 0.29) is 6.33 Å². The minimum absolute atomic E-state index is 0.318. The highest BCUT2D eigenvalue weighted by atomic mass is 35.5. The van der Waals surface area contributed by atoms with Gasteiger partial charge in [0.05, 0.1) is 0 Å². The molecule has 0 atom stereocenters. The molecule has 0 radical (unpaired) electrons. The second-order valence-electron chi connectivity index (χ2n) is 0.399. The van der Waals surface area contributed by atoms with Crippen LogP contribution in [0.5, 0.6) is 0 Å². The molecule has 0 aromatic heterocycles. The first kappa shape index (κ1) is 4.89. The first-order valence-electron chi connectivity index (χ1n) is 0.885. The second kappa shape index (κ2) is 2.15. The molecule has 0 unspecified atom stereocenters. The maximum Gasteiger partial charge on any atom is 0.217 e. The van der Waals surface area contributed by atoms with Crippen molar-refractivity contribution in [3.63, 3.8) is 0 Å². The van der Waals surface area contributed by atoms with Gasteiger partial charge in [0.1, 0.15) is 6.33 Å². The van der Waals surface area contributed by atoms with E-state index >= 15 is 0 Å². The van der Waals surface area contributed by atoms with E-state index in [1.807, 2.05) is 0 Å². The Morgan fingerprint density at radius 1 is 1.80 bits per heavy atom. The highest BCUT2D eigenvalue weighted by molar-refractivity contribution is 6.27. The zero-order chi connectivity index (χ0) is 4.28. The van der Waals surface area contributed by atoms with Crippen LogP contribution < -0.4 is 0 Å². The van der Waals surface area contributed by atoms with Gasteiger partial charge >= 0.3 is 0 Å². The molecule has 0 aliphatic rings. The third-order valence-electron chi connectivity index (χ3n) is 0.0825. The van der Waals surface area contributed by atoms with Crippen molar-refractivity contribution in [3.05, 3.63) is 11.6 Å². The summed E-state index contributed by atoms with van der Waals surface area (Å²) in [5, 5.41) is -1.31. The molecule has 0 spiro atoms. The summed E-state index contributed by atoms with van der Waals surface area (Å²) in [6.45, 7) is 0. The van der Waals surface area contributed by atoms with Crippen molar-refractivity contribution >= 4 is 11.6 Å². The van der Waals surface area contributed by atoms with E-state index in [0.717, 1.165) is 0 Å². The van der Waals surface area contributed by atoms with E-state index in [1.54, 1.807) is 0 Å². The fourth-order valence-corrected chi connectivity index (χ4v) is 0. The largest absolute Gasteiger partial charge is 0.217 e. The van der Waals surface area contributed by atoms with Crippen molar-refractivity contribution in [1.29, 1.82) is 0 Å².